The molecule has 0 unspecified atom stereocenters. The van der Waals surface area contributed by atoms with E-state index in [4.69, 9.17) is 10.5 Å². The molecule has 2 N–H and O–H groups in total. The van der Waals surface area contributed by atoms with Gasteiger partial charge in [-0.2, -0.15) is 0 Å². The molecule has 1 amide bonds. The van der Waals surface area contributed by atoms with Gasteiger partial charge in [0.2, 0.25) is 5.91 Å². The summed E-state index contributed by atoms with van der Waals surface area (Å²) < 4.78 is 5.46. The van der Waals surface area contributed by atoms with Crippen molar-refractivity contribution < 1.29 is 9.53 Å². The Morgan fingerprint density at radius 1 is 1.50 bits per heavy atom. The van der Waals surface area contributed by atoms with Gasteiger partial charge in [0.05, 0.1) is 13.0 Å². The molecule has 0 bridgehead atoms. The van der Waals surface area contributed by atoms with Crippen molar-refractivity contribution in [2.24, 2.45) is 5.73 Å². The molecule has 3 heteroatoms. The van der Waals surface area contributed by atoms with Crippen LogP contribution in [-0.4, -0.2) is 12.5 Å². The van der Waals surface area contributed by atoms with Crippen LogP contribution in [0.1, 0.15) is 25.3 Å². The van der Waals surface area contributed by atoms with E-state index < -0.39 is 5.91 Å². The van der Waals surface area contributed by atoms with E-state index in [1.807, 2.05) is 24.3 Å². The lowest BCUT2D eigenvalue weighted by atomic mass is 10.2. The molecule has 3 nitrogen and oxygen atoms in total. The maximum Gasteiger partial charge on any atom is 0.229 e. The Morgan fingerprint density at radius 2 is 2.31 bits per heavy atom. The van der Waals surface area contributed by atoms with Crippen molar-refractivity contribution in [3.05, 3.63) is 29.8 Å². The standard InChI is InChI=1S/C13H15NO2/c1-2-9-16-12-7-3-5-11(10-12)6-4-8-13(14)15/h3,5,7,10H,2,8-9H2,1H3,(H2,14,15). The Hall–Kier alpha value is -1.95. The second-order valence-electron chi connectivity index (χ2n) is 3.32. The molecule has 0 saturated heterocycles. The molecule has 0 heterocycles. The second kappa shape index (κ2) is 6.52. The van der Waals surface area contributed by atoms with E-state index in [2.05, 4.69) is 18.8 Å². The van der Waals surface area contributed by atoms with Crippen LogP contribution < -0.4 is 10.5 Å². The van der Waals surface area contributed by atoms with Crippen LogP contribution in [0.5, 0.6) is 5.75 Å². The summed E-state index contributed by atoms with van der Waals surface area (Å²) in [7, 11) is 0. The van der Waals surface area contributed by atoms with Crippen LogP contribution in [0.2, 0.25) is 0 Å². The van der Waals surface area contributed by atoms with Gasteiger partial charge in [-0.05, 0) is 24.6 Å². The van der Waals surface area contributed by atoms with Gasteiger partial charge in [0.15, 0.2) is 0 Å². The molecule has 84 valence electrons. The lowest BCUT2D eigenvalue weighted by Crippen LogP contribution is -2.08. The average Bonchev–Trinajstić information content (AvgIpc) is 2.26. The number of primary amides is 1. The molecular weight excluding hydrogens is 202 g/mol. The van der Waals surface area contributed by atoms with Crippen molar-refractivity contribution in [2.45, 2.75) is 19.8 Å². The van der Waals surface area contributed by atoms with Gasteiger partial charge >= 0.3 is 0 Å². The zero-order valence-corrected chi connectivity index (χ0v) is 9.32. The molecule has 1 rings (SSSR count). The van der Waals surface area contributed by atoms with Crippen LogP contribution in [0.3, 0.4) is 0 Å². The summed E-state index contributed by atoms with van der Waals surface area (Å²) >= 11 is 0. The molecule has 0 aliphatic heterocycles. The fourth-order valence-electron chi connectivity index (χ4n) is 1.12. The highest BCUT2D eigenvalue weighted by atomic mass is 16.5. The van der Waals surface area contributed by atoms with Crippen molar-refractivity contribution in [1.82, 2.24) is 0 Å². The van der Waals surface area contributed by atoms with E-state index in [-0.39, 0.29) is 6.42 Å². The molecule has 0 aliphatic carbocycles. The quantitative estimate of drug-likeness (QED) is 0.780. The first-order valence-electron chi connectivity index (χ1n) is 5.22. The lowest BCUT2D eigenvalue weighted by Gasteiger charge is -2.03. The first-order chi connectivity index (χ1) is 7.72. The Morgan fingerprint density at radius 3 is 3.00 bits per heavy atom. The van der Waals surface area contributed by atoms with E-state index in [9.17, 15) is 4.79 Å². The summed E-state index contributed by atoms with van der Waals surface area (Å²) in [4.78, 5) is 10.5. The number of amides is 1. The van der Waals surface area contributed by atoms with E-state index in [0.717, 1.165) is 17.7 Å². The number of hydrogen-bond donors (Lipinski definition) is 1. The third kappa shape index (κ3) is 4.52. The molecule has 16 heavy (non-hydrogen) atoms. The summed E-state index contributed by atoms with van der Waals surface area (Å²) in [6.45, 7) is 2.74. The Balaban J connectivity index is 2.65. The number of carbonyl (C=O) groups excluding carboxylic acids is 1. The number of ether oxygens (including phenoxy) is 1. The fourth-order valence-corrected chi connectivity index (χ4v) is 1.12. The second-order valence-corrected chi connectivity index (χ2v) is 3.32. The maximum atomic E-state index is 10.5. The monoisotopic (exact) mass is 217 g/mol. The maximum absolute atomic E-state index is 10.5. The molecular formula is C13H15NO2. The van der Waals surface area contributed by atoms with E-state index in [1.54, 1.807) is 0 Å². The molecule has 0 saturated carbocycles. The SMILES string of the molecule is CCCOc1cccc(C#CCC(N)=O)c1. The van der Waals surface area contributed by atoms with Crippen LogP contribution >= 0.6 is 0 Å². The van der Waals surface area contributed by atoms with Gasteiger partial charge in [0, 0.05) is 5.56 Å². The normalized spacial score (nSPS) is 9.06. The molecule has 0 radical (unpaired) electrons. The van der Waals surface area contributed by atoms with E-state index in [0.29, 0.717) is 6.61 Å². The van der Waals surface area contributed by atoms with Gasteiger partial charge in [-0.15, -0.1) is 0 Å². The van der Waals surface area contributed by atoms with E-state index in [1.165, 1.54) is 0 Å². The Labute approximate surface area is 95.6 Å². The third-order valence-electron chi connectivity index (χ3n) is 1.80. The summed E-state index contributed by atoms with van der Waals surface area (Å²) in [6.07, 6.45) is 1.05. The number of rotatable bonds is 4. The smallest absolute Gasteiger partial charge is 0.229 e. The minimum atomic E-state index is -0.411. The highest BCUT2D eigenvalue weighted by Gasteiger charge is 1.93. The van der Waals surface area contributed by atoms with Crippen molar-refractivity contribution in [3.8, 4) is 17.6 Å². The number of nitrogens with two attached hydrogens (primary N) is 1. The molecule has 1 aromatic rings. The van der Waals surface area contributed by atoms with Crippen LogP contribution in [0, 0.1) is 11.8 Å². The lowest BCUT2D eigenvalue weighted by molar-refractivity contribution is -0.117. The van der Waals surface area contributed by atoms with Crippen LogP contribution in [0.25, 0.3) is 0 Å². The van der Waals surface area contributed by atoms with E-state index >= 15 is 0 Å². The number of benzene rings is 1. The molecule has 0 atom stereocenters. The van der Waals surface area contributed by atoms with Gasteiger partial charge in [-0.3, -0.25) is 4.79 Å². The predicted octanol–water partition coefficient (Wildman–Crippen LogP) is 1.70. The summed E-state index contributed by atoms with van der Waals surface area (Å²) in [5.74, 6) is 5.95. The van der Waals surface area contributed by atoms with Crippen molar-refractivity contribution in [2.75, 3.05) is 6.61 Å². The van der Waals surface area contributed by atoms with Crippen LogP contribution in [0.15, 0.2) is 24.3 Å². The van der Waals surface area contributed by atoms with Crippen molar-refractivity contribution >= 4 is 5.91 Å². The minimum Gasteiger partial charge on any atom is -0.494 e. The largest absolute Gasteiger partial charge is 0.494 e. The topological polar surface area (TPSA) is 52.3 Å². The van der Waals surface area contributed by atoms with Gasteiger partial charge in [-0.1, -0.05) is 24.8 Å². The molecule has 0 spiro atoms. The molecule has 0 fully saturated rings. The minimum absolute atomic E-state index is 0.0834. The van der Waals surface area contributed by atoms with Crippen molar-refractivity contribution in [1.29, 1.82) is 0 Å². The zero-order valence-electron chi connectivity index (χ0n) is 9.32. The van der Waals surface area contributed by atoms with Gasteiger partial charge < -0.3 is 10.5 Å². The van der Waals surface area contributed by atoms with Gasteiger partial charge in [0.1, 0.15) is 5.75 Å². The first kappa shape index (κ1) is 12.1. The fraction of sp³-hybridized carbons (Fsp3) is 0.308. The number of carbonyl (C=O) groups is 1. The Kier molecular flexibility index (Phi) is 4.94. The zero-order chi connectivity index (χ0) is 11.8. The van der Waals surface area contributed by atoms with Crippen LogP contribution in [-0.2, 0) is 4.79 Å². The predicted molar refractivity (Wildman–Crippen MR) is 62.9 cm³/mol. The number of hydrogen-bond acceptors (Lipinski definition) is 2. The Bertz CT molecular complexity index is 415. The molecule has 0 aliphatic rings. The molecule has 0 aromatic heterocycles. The highest BCUT2D eigenvalue weighted by Crippen LogP contribution is 2.12. The summed E-state index contributed by atoms with van der Waals surface area (Å²) in [5.41, 5.74) is 5.81. The average molecular weight is 217 g/mol. The first-order valence-corrected chi connectivity index (χ1v) is 5.22. The van der Waals surface area contributed by atoms with Crippen molar-refractivity contribution in [3.63, 3.8) is 0 Å². The summed E-state index contributed by atoms with van der Waals surface area (Å²) in [5, 5.41) is 0. The summed E-state index contributed by atoms with van der Waals surface area (Å²) in [6, 6.07) is 7.48. The molecule has 1 aromatic carbocycles. The highest BCUT2D eigenvalue weighted by molar-refractivity contribution is 5.76. The van der Waals surface area contributed by atoms with Gasteiger partial charge in [-0.25, -0.2) is 0 Å². The third-order valence-corrected chi connectivity index (χ3v) is 1.80. The van der Waals surface area contributed by atoms with Crippen LogP contribution in [0.4, 0.5) is 0 Å². The van der Waals surface area contributed by atoms with Gasteiger partial charge in [0.25, 0.3) is 0 Å².